The van der Waals surface area contributed by atoms with Crippen LogP contribution < -0.4 is 0 Å². The van der Waals surface area contributed by atoms with Crippen LogP contribution >= 0.6 is 0 Å². The van der Waals surface area contributed by atoms with Crippen LogP contribution in [-0.2, 0) is 30.1 Å². The monoisotopic (exact) mass is 453 g/mol. The third-order valence-corrected chi connectivity index (χ3v) is 5.80. The number of aromatic nitrogens is 4. The summed E-state index contributed by atoms with van der Waals surface area (Å²) < 4.78 is 29.1. The molecule has 4 rings (SSSR count). The number of rotatable bonds is 9. The molecule has 2 heterocycles. The molecule has 2 atom stereocenters. The van der Waals surface area contributed by atoms with Gasteiger partial charge in [0.15, 0.2) is 0 Å². The minimum Gasteiger partial charge on any atom is -0.382 e. The van der Waals surface area contributed by atoms with E-state index in [-0.39, 0.29) is 17.5 Å². The van der Waals surface area contributed by atoms with Crippen molar-refractivity contribution in [2.75, 3.05) is 0 Å². The van der Waals surface area contributed by atoms with E-state index in [2.05, 4.69) is 20.6 Å². The molecule has 0 aliphatic carbocycles. The van der Waals surface area contributed by atoms with Crippen molar-refractivity contribution in [3.63, 3.8) is 0 Å². The van der Waals surface area contributed by atoms with Crippen molar-refractivity contribution < 1.29 is 18.7 Å². The zero-order valence-electron chi connectivity index (χ0n) is 17.9. The predicted molar refractivity (Wildman–Crippen MR) is 117 cm³/mol. The third-order valence-electron chi connectivity index (χ3n) is 5.80. The lowest BCUT2D eigenvalue weighted by Gasteiger charge is -2.24. The minimum absolute atomic E-state index is 0.0351. The molecule has 0 saturated carbocycles. The number of aryl methyl sites for hydroxylation is 2. The summed E-state index contributed by atoms with van der Waals surface area (Å²) in [6.45, 7) is 0.372. The molecule has 33 heavy (non-hydrogen) atoms. The average Bonchev–Trinajstić information content (AvgIpc) is 3.47. The second-order valence-corrected chi connectivity index (χ2v) is 8.11. The summed E-state index contributed by atoms with van der Waals surface area (Å²) in [6, 6.07) is 14.8. The van der Waals surface area contributed by atoms with Gasteiger partial charge in [0.1, 0.15) is 11.9 Å². The third kappa shape index (κ3) is 5.48. The van der Waals surface area contributed by atoms with E-state index in [0.29, 0.717) is 31.6 Å². The fraction of sp³-hybridized carbons (Fsp3) is 0.333. The van der Waals surface area contributed by atoms with Gasteiger partial charge in [-0.05, 0) is 34.4 Å². The number of tetrazole rings is 1. The van der Waals surface area contributed by atoms with Gasteiger partial charge in [-0.2, -0.15) is 8.78 Å². The molecular weight excluding hydrogens is 428 g/mol. The number of hydrogen-bond acceptors (Lipinski definition) is 5. The molecule has 3 aromatic rings. The SMILES string of the molecule is O=C1CC[C@H](/C=C/C(O)C(F)(F)c2ccccc2)N1Cc1cccc(CCc2nnn[nH]2)c1. The summed E-state index contributed by atoms with van der Waals surface area (Å²) in [5.74, 6) is -2.75. The molecule has 9 heteroatoms. The Hall–Kier alpha value is -3.46. The lowest BCUT2D eigenvalue weighted by molar-refractivity contribution is -0.129. The summed E-state index contributed by atoms with van der Waals surface area (Å²) >= 11 is 0. The Morgan fingerprint density at radius 2 is 1.94 bits per heavy atom. The first-order chi connectivity index (χ1) is 15.9. The van der Waals surface area contributed by atoms with Crippen molar-refractivity contribution in [1.82, 2.24) is 25.5 Å². The van der Waals surface area contributed by atoms with Gasteiger partial charge in [-0.1, -0.05) is 66.7 Å². The topological polar surface area (TPSA) is 95.0 Å². The minimum atomic E-state index is -3.42. The number of aliphatic hydroxyl groups excluding tert-OH is 1. The van der Waals surface area contributed by atoms with Gasteiger partial charge >= 0.3 is 5.92 Å². The molecule has 0 radical (unpaired) electrons. The zero-order valence-corrected chi connectivity index (χ0v) is 17.9. The maximum absolute atomic E-state index is 14.6. The van der Waals surface area contributed by atoms with Gasteiger partial charge in [0, 0.05) is 24.9 Å². The Morgan fingerprint density at radius 1 is 1.15 bits per heavy atom. The highest BCUT2D eigenvalue weighted by molar-refractivity contribution is 5.79. The van der Waals surface area contributed by atoms with Crippen LogP contribution in [0.2, 0.25) is 0 Å². The number of nitrogens with zero attached hydrogens (tertiary/aromatic N) is 4. The highest BCUT2D eigenvalue weighted by Gasteiger charge is 2.39. The number of alkyl halides is 2. The highest BCUT2D eigenvalue weighted by Crippen LogP contribution is 2.33. The van der Waals surface area contributed by atoms with Crippen molar-refractivity contribution in [1.29, 1.82) is 0 Å². The molecule has 7 nitrogen and oxygen atoms in total. The molecule has 0 bridgehead atoms. The first-order valence-electron chi connectivity index (χ1n) is 10.8. The maximum Gasteiger partial charge on any atom is 0.302 e. The van der Waals surface area contributed by atoms with Gasteiger partial charge in [0.05, 0.1) is 6.04 Å². The normalized spacial score (nSPS) is 17.7. The number of aliphatic hydroxyl groups is 1. The second-order valence-electron chi connectivity index (χ2n) is 8.11. The number of halogens is 2. The highest BCUT2D eigenvalue weighted by atomic mass is 19.3. The number of amides is 1. The van der Waals surface area contributed by atoms with E-state index in [1.165, 1.54) is 30.3 Å². The summed E-state index contributed by atoms with van der Waals surface area (Å²) in [4.78, 5) is 14.1. The molecule has 1 unspecified atom stereocenters. The fourth-order valence-electron chi connectivity index (χ4n) is 3.97. The van der Waals surface area contributed by atoms with Crippen molar-refractivity contribution in [2.24, 2.45) is 0 Å². The lowest BCUT2D eigenvalue weighted by Crippen LogP contribution is -2.33. The van der Waals surface area contributed by atoms with E-state index in [0.717, 1.165) is 23.6 Å². The lowest BCUT2D eigenvalue weighted by atomic mass is 10.0. The van der Waals surface area contributed by atoms with E-state index in [1.807, 2.05) is 24.3 Å². The number of benzene rings is 2. The molecule has 2 N–H and O–H groups in total. The predicted octanol–water partition coefficient (Wildman–Crippen LogP) is 3.19. The van der Waals surface area contributed by atoms with E-state index >= 15 is 0 Å². The quantitative estimate of drug-likeness (QED) is 0.485. The molecule has 1 aliphatic heterocycles. The molecule has 1 aliphatic rings. The largest absolute Gasteiger partial charge is 0.382 e. The number of likely N-dealkylation sites (tertiary alicyclic amines) is 1. The maximum atomic E-state index is 14.6. The van der Waals surface area contributed by atoms with Crippen molar-refractivity contribution in [3.05, 3.63) is 89.3 Å². The molecule has 1 saturated heterocycles. The van der Waals surface area contributed by atoms with Crippen LogP contribution in [0, 0.1) is 0 Å². The van der Waals surface area contributed by atoms with Gasteiger partial charge < -0.3 is 10.0 Å². The number of carbonyl (C=O) groups is 1. The Bertz CT molecular complexity index is 1090. The standard InChI is InChI=1S/C24H25F2N5O2/c25-24(26,19-7-2-1-3-8-19)21(32)12-10-20-11-14-23(33)31(20)16-18-6-4-5-17(15-18)9-13-22-27-29-30-28-22/h1-8,10,12,15,20-21,32H,9,11,13-14,16H2,(H,27,28,29,30)/b12-10+/t20-,21?/m0/s1. The Balaban J connectivity index is 1.41. The average molecular weight is 453 g/mol. The Labute approximate surface area is 190 Å². The van der Waals surface area contributed by atoms with Crippen LogP contribution in [0.5, 0.6) is 0 Å². The smallest absolute Gasteiger partial charge is 0.302 e. The van der Waals surface area contributed by atoms with Crippen LogP contribution in [0.1, 0.15) is 35.4 Å². The Kier molecular flexibility index (Phi) is 6.88. The van der Waals surface area contributed by atoms with Gasteiger partial charge in [0.25, 0.3) is 0 Å². The molecule has 1 aromatic heterocycles. The van der Waals surface area contributed by atoms with Crippen LogP contribution in [0.4, 0.5) is 8.78 Å². The van der Waals surface area contributed by atoms with Gasteiger partial charge in [-0.15, -0.1) is 5.10 Å². The number of nitrogens with one attached hydrogen (secondary N) is 1. The second kappa shape index (κ2) is 9.99. The summed E-state index contributed by atoms with van der Waals surface area (Å²) in [5, 5.41) is 23.9. The van der Waals surface area contributed by atoms with Gasteiger partial charge in [-0.3, -0.25) is 4.79 Å². The number of aromatic amines is 1. The fourth-order valence-corrected chi connectivity index (χ4v) is 3.97. The van der Waals surface area contributed by atoms with Crippen LogP contribution in [0.25, 0.3) is 0 Å². The molecule has 1 fully saturated rings. The first-order valence-corrected chi connectivity index (χ1v) is 10.8. The van der Waals surface area contributed by atoms with Crippen LogP contribution in [0.3, 0.4) is 0 Å². The molecule has 172 valence electrons. The van der Waals surface area contributed by atoms with Gasteiger partial charge in [0.2, 0.25) is 5.91 Å². The number of carbonyl (C=O) groups excluding carboxylic acids is 1. The summed E-state index contributed by atoms with van der Waals surface area (Å²) in [6.07, 6.45) is 2.92. The van der Waals surface area contributed by atoms with Crippen molar-refractivity contribution in [2.45, 2.75) is 50.3 Å². The van der Waals surface area contributed by atoms with Gasteiger partial charge in [-0.25, -0.2) is 5.10 Å². The molecular formula is C24H25F2N5O2. The van der Waals surface area contributed by atoms with Crippen LogP contribution in [-0.4, -0.2) is 48.7 Å². The molecule has 0 spiro atoms. The number of H-pyrrole nitrogens is 1. The molecule has 1 amide bonds. The van der Waals surface area contributed by atoms with Crippen molar-refractivity contribution in [3.8, 4) is 0 Å². The first kappa shape index (κ1) is 22.7. The molecule has 2 aromatic carbocycles. The van der Waals surface area contributed by atoms with E-state index in [4.69, 9.17) is 0 Å². The summed E-state index contributed by atoms with van der Waals surface area (Å²) in [7, 11) is 0. The Morgan fingerprint density at radius 3 is 2.70 bits per heavy atom. The van der Waals surface area contributed by atoms with E-state index in [1.54, 1.807) is 11.0 Å². The number of hydrogen-bond donors (Lipinski definition) is 2. The van der Waals surface area contributed by atoms with E-state index in [9.17, 15) is 18.7 Å². The van der Waals surface area contributed by atoms with Crippen LogP contribution in [0.15, 0.2) is 66.7 Å². The van der Waals surface area contributed by atoms with E-state index < -0.39 is 12.0 Å². The summed E-state index contributed by atoms with van der Waals surface area (Å²) in [5.41, 5.74) is 1.78. The van der Waals surface area contributed by atoms with Crippen molar-refractivity contribution >= 4 is 5.91 Å². The zero-order chi connectivity index (χ0) is 23.3.